The molecule has 1 aliphatic rings. The van der Waals surface area contributed by atoms with Crippen molar-refractivity contribution < 1.29 is 14.4 Å². The average molecular weight is 291 g/mol. The van der Waals surface area contributed by atoms with Crippen LogP contribution in [-0.4, -0.2) is 36.8 Å². The molecule has 2 rings (SSSR count). The molecule has 0 amide bonds. The van der Waals surface area contributed by atoms with Crippen LogP contribution in [0.3, 0.4) is 0 Å². The summed E-state index contributed by atoms with van der Waals surface area (Å²) < 4.78 is 10.8. The largest absolute Gasteiger partial charge is 0.484 e. The van der Waals surface area contributed by atoms with Crippen LogP contribution in [0.1, 0.15) is 13.8 Å². The molecule has 112 valence electrons. The molecule has 1 aliphatic heterocycles. The smallest absolute Gasteiger partial charge is 0.333 e. The van der Waals surface area contributed by atoms with E-state index in [1.165, 1.54) is 0 Å². The first-order valence-electron chi connectivity index (χ1n) is 6.73. The minimum absolute atomic E-state index is 0.0650. The molecule has 0 spiro atoms. The molecule has 0 saturated carbocycles. The van der Waals surface area contributed by atoms with Gasteiger partial charge in [-0.05, 0) is 26.0 Å². The average Bonchev–Trinajstić information content (AvgIpc) is 2.46. The summed E-state index contributed by atoms with van der Waals surface area (Å²) >= 11 is 0. The number of hydrogen-bond acceptors (Lipinski definition) is 6. The van der Waals surface area contributed by atoms with E-state index < -0.39 is 11.0 Å². The number of anilines is 1. The summed E-state index contributed by atoms with van der Waals surface area (Å²) in [5, 5.41) is 20.4. The highest BCUT2D eigenvalue weighted by atomic mass is 16.6. The van der Waals surface area contributed by atoms with Crippen LogP contribution < -0.4 is 9.64 Å². The van der Waals surface area contributed by atoms with Crippen LogP contribution in [0.2, 0.25) is 0 Å². The molecular weight excluding hydrogens is 274 g/mol. The number of benzene rings is 1. The van der Waals surface area contributed by atoms with Crippen LogP contribution in [0.25, 0.3) is 0 Å². The van der Waals surface area contributed by atoms with Crippen LogP contribution in [0.15, 0.2) is 18.2 Å². The summed E-state index contributed by atoms with van der Waals surface area (Å²) in [6, 6.07) is 7.01. The molecular formula is C14H17N3O4. The molecule has 7 heteroatoms. The number of rotatable bonds is 4. The zero-order valence-corrected chi connectivity index (χ0v) is 12.0. The maximum atomic E-state index is 11.4. The van der Waals surface area contributed by atoms with Crippen molar-refractivity contribution >= 4 is 11.4 Å². The molecule has 21 heavy (non-hydrogen) atoms. The van der Waals surface area contributed by atoms with E-state index in [-0.39, 0.29) is 17.5 Å². The normalized spacial score (nSPS) is 18.4. The Kier molecular flexibility index (Phi) is 4.60. The summed E-state index contributed by atoms with van der Waals surface area (Å²) in [7, 11) is 0. The Morgan fingerprint density at radius 2 is 2.33 bits per heavy atom. The molecule has 1 aromatic rings. The zero-order valence-electron chi connectivity index (χ0n) is 12.0. The van der Waals surface area contributed by atoms with E-state index in [0.717, 1.165) is 0 Å². The summed E-state index contributed by atoms with van der Waals surface area (Å²) in [5.41, 5.74) is 0.395. The highest BCUT2D eigenvalue weighted by Crippen LogP contribution is 2.38. The van der Waals surface area contributed by atoms with Gasteiger partial charge in [-0.2, -0.15) is 5.26 Å². The molecule has 1 unspecified atom stereocenters. The van der Waals surface area contributed by atoms with Gasteiger partial charge >= 0.3 is 5.69 Å². The van der Waals surface area contributed by atoms with Crippen LogP contribution in [0.5, 0.6) is 5.75 Å². The van der Waals surface area contributed by atoms with Crippen molar-refractivity contribution in [1.29, 1.82) is 5.26 Å². The van der Waals surface area contributed by atoms with Crippen LogP contribution in [-0.2, 0) is 4.74 Å². The molecule has 1 heterocycles. The Labute approximate surface area is 122 Å². The molecule has 0 aliphatic carbocycles. The number of para-hydroxylation sites is 1. The minimum atomic E-state index is -0.576. The van der Waals surface area contributed by atoms with Gasteiger partial charge in [-0.15, -0.1) is 0 Å². The Balaban J connectivity index is 2.38. The van der Waals surface area contributed by atoms with Crippen LogP contribution in [0, 0.1) is 21.4 Å². The second-order valence-corrected chi connectivity index (χ2v) is 4.98. The first kappa shape index (κ1) is 15.1. The predicted octanol–water partition coefficient (Wildman–Crippen LogP) is 2.11. The van der Waals surface area contributed by atoms with Gasteiger partial charge in [0.05, 0.1) is 30.2 Å². The van der Waals surface area contributed by atoms with E-state index >= 15 is 0 Å². The molecule has 1 saturated heterocycles. The Bertz CT molecular complexity index is 568. The maximum absolute atomic E-state index is 11.4. The van der Waals surface area contributed by atoms with E-state index in [9.17, 15) is 10.1 Å². The van der Waals surface area contributed by atoms with Crippen LogP contribution in [0.4, 0.5) is 11.4 Å². The highest BCUT2D eigenvalue weighted by Gasteiger charge is 2.29. The lowest BCUT2D eigenvalue weighted by Crippen LogP contribution is -2.42. The molecule has 7 nitrogen and oxygen atoms in total. The Hall–Kier alpha value is -2.33. The summed E-state index contributed by atoms with van der Waals surface area (Å²) in [6.45, 7) is 4.81. The van der Waals surface area contributed by atoms with Crippen molar-refractivity contribution in [2.45, 2.75) is 26.1 Å². The molecule has 0 N–H and O–H groups in total. The number of ether oxygens (including phenoxy) is 2. The van der Waals surface area contributed by atoms with Crippen LogP contribution >= 0.6 is 0 Å². The predicted molar refractivity (Wildman–Crippen MR) is 76.4 cm³/mol. The van der Waals surface area contributed by atoms with Gasteiger partial charge in [0, 0.05) is 6.54 Å². The van der Waals surface area contributed by atoms with E-state index in [1.807, 2.05) is 19.9 Å². The van der Waals surface area contributed by atoms with Crippen molar-refractivity contribution in [3.8, 4) is 11.8 Å². The van der Waals surface area contributed by atoms with Gasteiger partial charge < -0.3 is 14.4 Å². The molecule has 1 fully saturated rings. The third-order valence-corrected chi connectivity index (χ3v) is 3.07. The van der Waals surface area contributed by atoms with E-state index in [0.29, 0.717) is 25.4 Å². The lowest BCUT2D eigenvalue weighted by Gasteiger charge is -2.31. The van der Waals surface area contributed by atoms with Gasteiger partial charge in [-0.1, -0.05) is 6.07 Å². The zero-order chi connectivity index (χ0) is 15.4. The van der Waals surface area contributed by atoms with Gasteiger partial charge in [0.25, 0.3) is 0 Å². The quantitative estimate of drug-likeness (QED) is 0.623. The van der Waals surface area contributed by atoms with Crippen molar-refractivity contribution in [2.24, 2.45) is 0 Å². The second-order valence-electron chi connectivity index (χ2n) is 4.98. The molecule has 1 atom stereocenters. The number of nitro groups is 1. The lowest BCUT2D eigenvalue weighted by molar-refractivity contribution is -0.385. The fourth-order valence-electron chi connectivity index (χ4n) is 2.24. The van der Waals surface area contributed by atoms with Crippen molar-refractivity contribution in [1.82, 2.24) is 0 Å². The fourth-order valence-corrected chi connectivity index (χ4v) is 2.24. The third kappa shape index (κ3) is 3.41. The van der Waals surface area contributed by atoms with Crippen molar-refractivity contribution in [3.63, 3.8) is 0 Å². The molecule has 0 radical (unpaired) electrons. The second kappa shape index (κ2) is 6.41. The maximum Gasteiger partial charge on any atom is 0.333 e. The molecule has 1 aromatic carbocycles. The first-order valence-corrected chi connectivity index (χ1v) is 6.73. The summed E-state index contributed by atoms with van der Waals surface area (Å²) in [6.07, 6.45) is -0.733. The highest BCUT2D eigenvalue weighted by molar-refractivity contribution is 5.70. The van der Waals surface area contributed by atoms with Gasteiger partial charge in [0.1, 0.15) is 5.69 Å². The van der Waals surface area contributed by atoms with E-state index in [1.54, 1.807) is 23.1 Å². The molecule has 0 bridgehead atoms. The van der Waals surface area contributed by atoms with E-state index in [4.69, 9.17) is 14.7 Å². The first-order chi connectivity index (χ1) is 10.0. The SMILES string of the molecule is CC(C)Oc1cccc(N2CCOC(C#N)C2)c1[N+](=O)[O-]. The lowest BCUT2D eigenvalue weighted by atomic mass is 10.2. The fraction of sp³-hybridized carbons (Fsp3) is 0.500. The number of nitriles is 1. The van der Waals surface area contributed by atoms with Gasteiger partial charge in [-0.25, -0.2) is 0 Å². The van der Waals surface area contributed by atoms with Gasteiger partial charge in [-0.3, -0.25) is 10.1 Å². The molecule has 0 aromatic heterocycles. The van der Waals surface area contributed by atoms with Gasteiger partial charge in [0.15, 0.2) is 11.9 Å². The third-order valence-electron chi connectivity index (χ3n) is 3.07. The van der Waals surface area contributed by atoms with E-state index in [2.05, 4.69) is 0 Å². The number of hydrogen-bond donors (Lipinski definition) is 0. The number of nitrogens with zero attached hydrogens (tertiary/aromatic N) is 3. The summed E-state index contributed by atoms with van der Waals surface area (Å²) in [5.74, 6) is 0.243. The topological polar surface area (TPSA) is 88.6 Å². The minimum Gasteiger partial charge on any atom is -0.484 e. The van der Waals surface area contributed by atoms with Gasteiger partial charge in [0.2, 0.25) is 0 Å². The number of nitro benzene ring substituents is 1. The number of morpholine rings is 1. The van der Waals surface area contributed by atoms with Crippen molar-refractivity contribution in [2.75, 3.05) is 24.6 Å². The summed E-state index contributed by atoms with van der Waals surface area (Å²) in [4.78, 5) is 12.8. The Morgan fingerprint density at radius 3 is 2.95 bits per heavy atom. The monoisotopic (exact) mass is 291 g/mol. The standard InChI is InChI=1S/C14H17N3O4/c1-10(2)21-13-5-3-4-12(14(13)17(18)19)16-6-7-20-11(8-15)9-16/h3-5,10-11H,6-7,9H2,1-2H3. The van der Waals surface area contributed by atoms with Crippen molar-refractivity contribution in [3.05, 3.63) is 28.3 Å². The Morgan fingerprint density at radius 1 is 1.57 bits per heavy atom.